The smallest absolute Gasteiger partial charge is 0.248 e. The van der Waals surface area contributed by atoms with Crippen LogP contribution in [0.25, 0.3) is 28.2 Å². The molecule has 0 bridgehead atoms. The quantitative estimate of drug-likeness (QED) is 0.467. The third kappa shape index (κ3) is 3.76. The molecular weight excluding hydrogens is 442 g/mol. The summed E-state index contributed by atoms with van der Waals surface area (Å²) in [7, 11) is 0. The van der Waals surface area contributed by atoms with Crippen molar-refractivity contribution >= 4 is 11.2 Å². The minimum atomic E-state index is -2.69. The van der Waals surface area contributed by atoms with Crippen molar-refractivity contribution in [3.63, 3.8) is 0 Å². The van der Waals surface area contributed by atoms with Gasteiger partial charge in [-0.1, -0.05) is 12.1 Å². The van der Waals surface area contributed by atoms with Crippen molar-refractivity contribution in [1.82, 2.24) is 29.3 Å². The molecular formula is C24H24F2N6O2. The lowest BCUT2D eigenvalue weighted by Gasteiger charge is -2.37. The van der Waals surface area contributed by atoms with Crippen LogP contribution in [0, 0.1) is 5.92 Å². The van der Waals surface area contributed by atoms with E-state index in [9.17, 15) is 13.9 Å². The van der Waals surface area contributed by atoms with E-state index in [0.717, 1.165) is 42.9 Å². The van der Waals surface area contributed by atoms with Crippen molar-refractivity contribution in [3.05, 3.63) is 54.7 Å². The van der Waals surface area contributed by atoms with Crippen LogP contribution in [0.4, 0.5) is 8.78 Å². The second-order valence-electron chi connectivity index (χ2n) is 9.09. The lowest BCUT2D eigenvalue weighted by Crippen LogP contribution is -2.39. The molecule has 2 aliphatic rings. The van der Waals surface area contributed by atoms with Gasteiger partial charge in [-0.25, -0.2) is 18.7 Å². The van der Waals surface area contributed by atoms with Crippen LogP contribution in [0.3, 0.4) is 0 Å². The molecule has 2 atom stereocenters. The fourth-order valence-corrected chi connectivity index (χ4v) is 4.85. The highest BCUT2D eigenvalue weighted by molar-refractivity contribution is 5.74. The number of fused-ring (bicyclic) bond motifs is 1. The van der Waals surface area contributed by atoms with Crippen LogP contribution in [0.1, 0.15) is 50.1 Å². The number of rotatable bonds is 5. The van der Waals surface area contributed by atoms with E-state index in [2.05, 4.69) is 20.2 Å². The molecule has 1 saturated heterocycles. The molecule has 2 fully saturated rings. The van der Waals surface area contributed by atoms with Gasteiger partial charge in [-0.05, 0) is 37.5 Å². The molecule has 34 heavy (non-hydrogen) atoms. The first-order valence-electron chi connectivity index (χ1n) is 11.5. The minimum Gasteiger partial charge on any atom is -0.386 e. The fraction of sp³-hybridized carbons (Fsp3) is 0.417. The summed E-state index contributed by atoms with van der Waals surface area (Å²) in [5.41, 5.74) is 3.29. The molecule has 4 aromatic rings. The summed E-state index contributed by atoms with van der Waals surface area (Å²) in [5.74, 6) is -2.45. The van der Waals surface area contributed by atoms with Crippen molar-refractivity contribution < 1.29 is 18.6 Å². The highest BCUT2D eigenvalue weighted by atomic mass is 19.3. The van der Waals surface area contributed by atoms with Crippen molar-refractivity contribution in [2.24, 2.45) is 5.92 Å². The average Bonchev–Trinajstić information content (AvgIpc) is 3.50. The number of aliphatic hydroxyl groups excluding tert-OH is 1. The van der Waals surface area contributed by atoms with Crippen LogP contribution in [0.15, 0.2) is 49.1 Å². The zero-order chi connectivity index (χ0) is 23.3. The summed E-state index contributed by atoms with van der Waals surface area (Å²) < 4.78 is 36.2. The van der Waals surface area contributed by atoms with Gasteiger partial charge in [0.2, 0.25) is 5.92 Å². The zero-order valence-electron chi connectivity index (χ0n) is 18.4. The Morgan fingerprint density at radius 3 is 2.85 bits per heavy atom. The third-order valence-corrected chi connectivity index (χ3v) is 6.70. The molecule has 0 amide bonds. The van der Waals surface area contributed by atoms with Gasteiger partial charge in [-0.2, -0.15) is 0 Å². The molecule has 1 aromatic carbocycles. The number of benzene rings is 1. The molecule has 1 aliphatic carbocycles. The highest BCUT2D eigenvalue weighted by Crippen LogP contribution is 2.47. The third-order valence-electron chi connectivity index (χ3n) is 6.70. The van der Waals surface area contributed by atoms with Crippen LogP contribution in [-0.4, -0.2) is 46.9 Å². The summed E-state index contributed by atoms with van der Waals surface area (Å²) in [5, 5.41) is 18.9. The molecule has 8 nitrogen and oxygen atoms in total. The topological polar surface area (TPSA) is 90.9 Å². The predicted molar refractivity (Wildman–Crippen MR) is 119 cm³/mol. The van der Waals surface area contributed by atoms with E-state index < -0.39 is 17.9 Å². The lowest BCUT2D eigenvalue weighted by molar-refractivity contribution is -0.143. The van der Waals surface area contributed by atoms with Gasteiger partial charge >= 0.3 is 0 Å². The number of nitrogens with zero attached hydrogens (tertiary/aromatic N) is 6. The Kier molecular flexibility index (Phi) is 5.14. The van der Waals surface area contributed by atoms with Crippen LogP contribution in [0.2, 0.25) is 0 Å². The Morgan fingerprint density at radius 1 is 1.18 bits per heavy atom. The molecule has 0 radical (unpaired) electrons. The maximum Gasteiger partial charge on any atom is 0.248 e. The van der Waals surface area contributed by atoms with Gasteiger partial charge in [0.25, 0.3) is 0 Å². The van der Waals surface area contributed by atoms with Gasteiger partial charge in [0, 0.05) is 42.8 Å². The molecule has 2 unspecified atom stereocenters. The summed E-state index contributed by atoms with van der Waals surface area (Å²) >= 11 is 0. The number of aromatic nitrogens is 6. The Balaban J connectivity index is 1.29. The normalized spacial score (nSPS) is 21.4. The van der Waals surface area contributed by atoms with Crippen molar-refractivity contribution in [3.8, 4) is 17.1 Å². The van der Waals surface area contributed by atoms with Crippen molar-refractivity contribution in [1.29, 1.82) is 0 Å². The molecule has 10 heteroatoms. The largest absolute Gasteiger partial charge is 0.386 e. The molecule has 6 rings (SSSR count). The van der Waals surface area contributed by atoms with E-state index in [0.29, 0.717) is 16.9 Å². The van der Waals surface area contributed by atoms with Gasteiger partial charge in [0.1, 0.15) is 24.2 Å². The Hall–Kier alpha value is -3.24. The average molecular weight is 466 g/mol. The predicted octanol–water partition coefficient (Wildman–Crippen LogP) is 4.46. The van der Waals surface area contributed by atoms with E-state index >= 15 is 0 Å². The standard InChI is InChI=1S/C24H24F2N6O2/c25-24(26)11-16(12-24)21(33)19-13-27-23-18(29-19)7-8-31(23)17-5-3-4-15(10-17)22-30-28-14-32(22)20-6-1-2-9-34-20/h3-5,7-8,10,13-14,16,20-21,33H,1-2,6,9,11-12H2. The Bertz CT molecular complexity index is 1320. The summed E-state index contributed by atoms with van der Waals surface area (Å²) in [4.78, 5) is 9.00. The molecule has 3 aromatic heterocycles. The molecule has 176 valence electrons. The second kappa shape index (κ2) is 8.21. The molecule has 1 aliphatic heterocycles. The molecule has 1 N–H and O–H groups in total. The van der Waals surface area contributed by atoms with E-state index in [1.807, 2.05) is 39.6 Å². The number of aliphatic hydroxyl groups is 1. The van der Waals surface area contributed by atoms with E-state index in [1.165, 1.54) is 6.20 Å². The maximum atomic E-state index is 13.2. The van der Waals surface area contributed by atoms with E-state index in [-0.39, 0.29) is 19.1 Å². The van der Waals surface area contributed by atoms with E-state index in [4.69, 9.17) is 4.74 Å². The Labute approximate surface area is 194 Å². The SMILES string of the molecule is OC(c1cnc2c(ccn2-c2cccc(-c3nncn3C3CCCCO3)c2)n1)C1CC(F)(F)C1. The maximum absolute atomic E-state index is 13.2. The van der Waals surface area contributed by atoms with Gasteiger partial charge in [0.15, 0.2) is 11.5 Å². The van der Waals surface area contributed by atoms with Crippen molar-refractivity contribution in [2.75, 3.05) is 6.61 Å². The minimum absolute atomic E-state index is 0.0684. The monoisotopic (exact) mass is 466 g/mol. The van der Waals surface area contributed by atoms with Gasteiger partial charge in [-0.3, -0.25) is 9.13 Å². The fourth-order valence-electron chi connectivity index (χ4n) is 4.85. The van der Waals surface area contributed by atoms with Gasteiger partial charge in [0.05, 0.1) is 11.9 Å². The van der Waals surface area contributed by atoms with E-state index in [1.54, 1.807) is 12.4 Å². The van der Waals surface area contributed by atoms with Crippen LogP contribution in [-0.2, 0) is 4.74 Å². The number of hydrogen-bond donors (Lipinski definition) is 1. The van der Waals surface area contributed by atoms with Crippen LogP contribution >= 0.6 is 0 Å². The number of halogens is 2. The Morgan fingerprint density at radius 2 is 2.06 bits per heavy atom. The van der Waals surface area contributed by atoms with Gasteiger partial charge < -0.3 is 9.84 Å². The van der Waals surface area contributed by atoms with Crippen molar-refractivity contribution in [2.45, 2.75) is 50.4 Å². The molecule has 4 heterocycles. The first kappa shape index (κ1) is 21.3. The summed E-state index contributed by atoms with van der Waals surface area (Å²) in [6, 6.07) is 9.69. The first-order chi connectivity index (χ1) is 16.5. The van der Waals surface area contributed by atoms with Crippen LogP contribution < -0.4 is 0 Å². The lowest BCUT2D eigenvalue weighted by atomic mass is 9.77. The van der Waals surface area contributed by atoms with Crippen LogP contribution in [0.5, 0.6) is 0 Å². The number of hydrogen-bond acceptors (Lipinski definition) is 6. The molecule has 0 spiro atoms. The first-order valence-corrected chi connectivity index (χ1v) is 11.5. The number of alkyl halides is 2. The zero-order valence-corrected chi connectivity index (χ0v) is 18.4. The second-order valence-corrected chi connectivity index (χ2v) is 9.09. The summed E-state index contributed by atoms with van der Waals surface area (Å²) in [6.07, 6.45) is 6.38. The highest BCUT2D eigenvalue weighted by Gasteiger charge is 2.48. The molecule has 1 saturated carbocycles. The van der Waals surface area contributed by atoms with Gasteiger partial charge in [-0.15, -0.1) is 10.2 Å². The number of ether oxygens (including phenoxy) is 1. The summed E-state index contributed by atoms with van der Waals surface area (Å²) in [6.45, 7) is 0.732.